The molecule has 3 N–H and O–H groups in total. The topological polar surface area (TPSA) is 76.9 Å². The van der Waals surface area contributed by atoms with Gasteiger partial charge in [0.25, 0.3) is 0 Å². The highest BCUT2D eigenvalue weighted by atomic mass is 35.5. The number of halogens is 1. The summed E-state index contributed by atoms with van der Waals surface area (Å²) < 4.78 is 7.58. The van der Waals surface area contributed by atoms with Crippen molar-refractivity contribution >= 4 is 17.4 Å². The van der Waals surface area contributed by atoms with Crippen molar-refractivity contribution in [2.45, 2.75) is 26.9 Å². The molecule has 2 aromatic rings. The Balaban J connectivity index is 2.22. The summed E-state index contributed by atoms with van der Waals surface area (Å²) in [4.78, 5) is 0. The third kappa shape index (κ3) is 3.19. The van der Waals surface area contributed by atoms with Gasteiger partial charge in [-0.2, -0.15) is 5.10 Å². The number of nitrogen functional groups attached to an aromatic ring is 1. The number of ether oxygens (including phenoxy) is 1. The van der Waals surface area contributed by atoms with E-state index in [2.05, 4.69) is 5.10 Å². The van der Waals surface area contributed by atoms with Crippen LogP contribution in [0.25, 0.3) is 0 Å². The molecule has 0 aliphatic carbocycles. The van der Waals surface area contributed by atoms with Gasteiger partial charge in [-0.05, 0) is 25.0 Å². The Morgan fingerprint density at radius 1 is 1.48 bits per heavy atom. The Bertz CT molecular complexity index is 679. The molecule has 5 nitrogen and oxygen atoms in total. The van der Waals surface area contributed by atoms with Gasteiger partial charge in [-0.3, -0.25) is 10.1 Å². The van der Waals surface area contributed by atoms with Crippen LogP contribution in [0.5, 0.6) is 5.75 Å². The zero-order chi connectivity index (χ0) is 15.6. The van der Waals surface area contributed by atoms with E-state index in [4.69, 9.17) is 27.5 Å². The van der Waals surface area contributed by atoms with Crippen LogP contribution >= 0.6 is 11.6 Å². The minimum absolute atomic E-state index is 0.0201. The van der Waals surface area contributed by atoms with E-state index in [0.29, 0.717) is 22.9 Å². The second-order valence-corrected chi connectivity index (χ2v) is 5.25. The summed E-state index contributed by atoms with van der Waals surface area (Å²) in [7, 11) is 1.85. The molecule has 0 saturated heterocycles. The maximum absolute atomic E-state index is 7.48. The first kappa shape index (κ1) is 15.4. The molecule has 112 valence electrons. The molecule has 0 aliphatic heterocycles. The fraction of sp³-hybridized carbons (Fsp3) is 0.333. The molecule has 0 radical (unpaired) electrons. The first-order chi connectivity index (χ1) is 9.93. The average molecular weight is 307 g/mol. The van der Waals surface area contributed by atoms with E-state index in [1.54, 1.807) is 16.8 Å². The van der Waals surface area contributed by atoms with Crippen molar-refractivity contribution < 1.29 is 4.74 Å². The lowest BCUT2D eigenvalue weighted by molar-refractivity contribution is 0.293. The minimum Gasteiger partial charge on any atom is -0.487 e. The smallest absolute Gasteiger partial charge is 0.131 e. The van der Waals surface area contributed by atoms with Crippen LogP contribution in [0, 0.1) is 12.3 Å². The van der Waals surface area contributed by atoms with Crippen LogP contribution in [0.3, 0.4) is 0 Å². The number of amidine groups is 1. The molecule has 0 bridgehead atoms. The number of benzene rings is 1. The van der Waals surface area contributed by atoms with Crippen LogP contribution in [0.4, 0.5) is 0 Å². The first-order valence-corrected chi connectivity index (χ1v) is 7.10. The molecule has 21 heavy (non-hydrogen) atoms. The molecule has 0 spiro atoms. The number of nitrogens with one attached hydrogen (secondary N) is 1. The lowest BCUT2D eigenvalue weighted by Gasteiger charge is -2.11. The van der Waals surface area contributed by atoms with Gasteiger partial charge in [0, 0.05) is 12.6 Å². The van der Waals surface area contributed by atoms with Gasteiger partial charge < -0.3 is 10.5 Å². The summed E-state index contributed by atoms with van der Waals surface area (Å²) in [5.74, 6) is 0.713. The molecule has 1 aromatic carbocycles. The predicted octanol–water partition coefficient (Wildman–Crippen LogP) is 2.81. The number of aromatic nitrogens is 2. The van der Waals surface area contributed by atoms with Gasteiger partial charge in [0.1, 0.15) is 18.2 Å². The number of nitrogens with two attached hydrogens (primary N) is 1. The van der Waals surface area contributed by atoms with Gasteiger partial charge in [0.2, 0.25) is 0 Å². The highest BCUT2D eigenvalue weighted by Gasteiger charge is 2.14. The third-order valence-electron chi connectivity index (χ3n) is 3.37. The highest BCUT2D eigenvalue weighted by molar-refractivity contribution is 6.31. The van der Waals surface area contributed by atoms with Crippen LogP contribution in [0.15, 0.2) is 18.2 Å². The summed E-state index contributed by atoms with van der Waals surface area (Å²) >= 11 is 6.30. The fourth-order valence-corrected chi connectivity index (χ4v) is 2.39. The Hall–Kier alpha value is -2.01. The van der Waals surface area contributed by atoms with Gasteiger partial charge in [0.15, 0.2) is 0 Å². The number of rotatable bonds is 5. The molecule has 0 aliphatic rings. The van der Waals surface area contributed by atoms with Crippen molar-refractivity contribution in [1.82, 2.24) is 9.78 Å². The molecule has 0 unspecified atom stereocenters. The SMILES string of the molecule is CCc1nn(C)c(COc2cc(C(=N)N)ccc2C)c1Cl. The van der Waals surface area contributed by atoms with Crippen molar-refractivity contribution in [3.8, 4) is 5.75 Å². The number of nitrogens with zero attached hydrogens (tertiary/aromatic N) is 2. The van der Waals surface area contributed by atoms with Crippen LogP contribution in [-0.4, -0.2) is 15.6 Å². The summed E-state index contributed by atoms with van der Waals surface area (Å²) in [6, 6.07) is 5.45. The zero-order valence-corrected chi connectivity index (χ0v) is 13.2. The summed E-state index contributed by atoms with van der Waals surface area (Å²) in [5, 5.41) is 12.5. The van der Waals surface area contributed by atoms with Crippen molar-refractivity contribution in [1.29, 1.82) is 5.41 Å². The fourth-order valence-electron chi connectivity index (χ4n) is 2.05. The zero-order valence-electron chi connectivity index (χ0n) is 12.4. The molecule has 2 rings (SSSR count). The largest absolute Gasteiger partial charge is 0.487 e. The molecule has 0 atom stereocenters. The van der Waals surface area contributed by atoms with Gasteiger partial charge in [0.05, 0.1) is 16.4 Å². The quantitative estimate of drug-likeness (QED) is 0.658. The molecule has 0 amide bonds. The number of aryl methyl sites for hydroxylation is 3. The Morgan fingerprint density at radius 3 is 2.76 bits per heavy atom. The van der Waals surface area contributed by atoms with E-state index in [0.717, 1.165) is 23.4 Å². The van der Waals surface area contributed by atoms with Crippen LogP contribution < -0.4 is 10.5 Å². The van der Waals surface area contributed by atoms with Gasteiger partial charge in [-0.15, -0.1) is 0 Å². The summed E-state index contributed by atoms with van der Waals surface area (Å²) in [5.41, 5.74) is 8.82. The van der Waals surface area contributed by atoms with E-state index in [-0.39, 0.29) is 5.84 Å². The van der Waals surface area contributed by atoms with E-state index >= 15 is 0 Å². The Kier molecular flexibility index (Phi) is 4.53. The third-order valence-corrected chi connectivity index (χ3v) is 3.80. The normalized spacial score (nSPS) is 10.7. The van der Waals surface area contributed by atoms with Crippen LogP contribution in [0.2, 0.25) is 5.02 Å². The average Bonchev–Trinajstić information content (AvgIpc) is 2.72. The first-order valence-electron chi connectivity index (χ1n) is 6.72. The molecular weight excluding hydrogens is 288 g/mol. The summed E-state index contributed by atoms with van der Waals surface area (Å²) in [6.45, 7) is 4.28. The van der Waals surface area contributed by atoms with Gasteiger partial charge in [-0.25, -0.2) is 0 Å². The standard InChI is InChI=1S/C15H19ClN4O/c1-4-11-14(16)12(20(3)19-11)8-21-13-7-10(15(17)18)6-5-9(13)2/h5-7H,4,8H2,1-3H3,(H3,17,18). The Labute approximate surface area is 129 Å². The lowest BCUT2D eigenvalue weighted by Crippen LogP contribution is -2.11. The Morgan fingerprint density at radius 2 is 2.19 bits per heavy atom. The monoisotopic (exact) mass is 306 g/mol. The van der Waals surface area contributed by atoms with E-state index in [1.807, 2.05) is 27.0 Å². The van der Waals surface area contributed by atoms with Crippen LogP contribution in [0.1, 0.15) is 29.4 Å². The van der Waals surface area contributed by atoms with Crippen LogP contribution in [-0.2, 0) is 20.1 Å². The van der Waals surface area contributed by atoms with Gasteiger partial charge >= 0.3 is 0 Å². The molecule has 0 fully saturated rings. The molecule has 0 saturated carbocycles. The summed E-state index contributed by atoms with van der Waals surface area (Å²) in [6.07, 6.45) is 0.783. The molecule has 1 heterocycles. The number of hydrogen-bond acceptors (Lipinski definition) is 3. The van der Waals surface area contributed by atoms with Gasteiger partial charge in [-0.1, -0.05) is 30.7 Å². The van der Waals surface area contributed by atoms with Crippen molar-refractivity contribution in [2.75, 3.05) is 0 Å². The molecular formula is C15H19ClN4O. The lowest BCUT2D eigenvalue weighted by atomic mass is 10.1. The van der Waals surface area contributed by atoms with Crippen molar-refractivity contribution in [2.24, 2.45) is 12.8 Å². The maximum atomic E-state index is 7.48. The highest BCUT2D eigenvalue weighted by Crippen LogP contribution is 2.25. The molecule has 1 aromatic heterocycles. The van der Waals surface area contributed by atoms with Crippen molar-refractivity contribution in [3.05, 3.63) is 45.7 Å². The second-order valence-electron chi connectivity index (χ2n) is 4.87. The molecule has 6 heteroatoms. The van der Waals surface area contributed by atoms with Crippen molar-refractivity contribution in [3.63, 3.8) is 0 Å². The minimum atomic E-state index is 0.0201. The second kappa shape index (κ2) is 6.18. The van der Waals surface area contributed by atoms with E-state index in [1.165, 1.54) is 0 Å². The number of hydrogen-bond donors (Lipinski definition) is 2. The maximum Gasteiger partial charge on any atom is 0.131 e. The predicted molar refractivity (Wildman–Crippen MR) is 84.1 cm³/mol. The van der Waals surface area contributed by atoms with E-state index < -0.39 is 0 Å². The van der Waals surface area contributed by atoms with E-state index in [9.17, 15) is 0 Å².